The lowest BCUT2D eigenvalue weighted by Crippen LogP contribution is -2.09. The molecule has 0 saturated heterocycles. The molecule has 0 radical (unpaired) electrons. The summed E-state index contributed by atoms with van der Waals surface area (Å²) in [5.41, 5.74) is 7.73. The summed E-state index contributed by atoms with van der Waals surface area (Å²) in [6.07, 6.45) is 1.68. The first kappa shape index (κ1) is 15.4. The minimum Gasteiger partial charge on any atom is -0.368 e. The summed E-state index contributed by atoms with van der Waals surface area (Å²) in [7, 11) is 0. The Hall–Kier alpha value is -3.53. The van der Waals surface area contributed by atoms with Crippen LogP contribution in [0.25, 0.3) is 11.3 Å². The van der Waals surface area contributed by atoms with Crippen LogP contribution in [0.1, 0.15) is 11.3 Å². The Morgan fingerprint density at radius 3 is 2.58 bits per heavy atom. The summed E-state index contributed by atoms with van der Waals surface area (Å²) >= 11 is 0. The highest BCUT2D eigenvalue weighted by molar-refractivity contribution is 5.73. The van der Waals surface area contributed by atoms with Gasteiger partial charge in [-0.1, -0.05) is 6.07 Å². The van der Waals surface area contributed by atoms with Gasteiger partial charge in [-0.05, 0) is 36.4 Å². The summed E-state index contributed by atoms with van der Waals surface area (Å²) < 4.78 is 13.1. The van der Waals surface area contributed by atoms with E-state index in [-0.39, 0.29) is 17.3 Å². The van der Waals surface area contributed by atoms with E-state index in [1.807, 2.05) is 18.2 Å². The van der Waals surface area contributed by atoms with Crippen molar-refractivity contribution in [2.45, 2.75) is 6.54 Å². The maximum atomic E-state index is 13.1. The van der Waals surface area contributed by atoms with Crippen LogP contribution in [-0.2, 0) is 6.54 Å². The van der Waals surface area contributed by atoms with Gasteiger partial charge in [0.2, 0.25) is 5.95 Å². The van der Waals surface area contributed by atoms with E-state index in [0.717, 1.165) is 5.69 Å². The number of anilines is 2. The molecule has 0 amide bonds. The molecule has 6 nitrogen and oxygen atoms in total. The van der Waals surface area contributed by atoms with Crippen molar-refractivity contribution in [3.05, 3.63) is 65.7 Å². The summed E-state index contributed by atoms with van der Waals surface area (Å²) in [6, 6.07) is 13.3. The molecule has 0 unspecified atom stereocenters. The fourth-order valence-corrected chi connectivity index (χ4v) is 2.21. The van der Waals surface area contributed by atoms with Gasteiger partial charge in [0.05, 0.1) is 17.9 Å². The fourth-order valence-electron chi connectivity index (χ4n) is 2.21. The number of benzene rings is 1. The standard InChI is InChI=1S/C17H13FN6/c18-12-6-4-11(5-7-12)15-14(9-19)16(24-17(20)23-15)22-10-13-3-1-2-8-21-13/h1-8H,10H2,(H3,20,22,23,24). The van der Waals surface area contributed by atoms with Gasteiger partial charge >= 0.3 is 0 Å². The Morgan fingerprint density at radius 2 is 1.92 bits per heavy atom. The molecule has 24 heavy (non-hydrogen) atoms. The molecule has 1 aromatic carbocycles. The highest BCUT2D eigenvalue weighted by atomic mass is 19.1. The van der Waals surface area contributed by atoms with Gasteiger partial charge in [0.15, 0.2) is 5.82 Å². The van der Waals surface area contributed by atoms with Crippen LogP contribution in [-0.4, -0.2) is 15.0 Å². The first-order valence-corrected chi connectivity index (χ1v) is 7.14. The zero-order valence-electron chi connectivity index (χ0n) is 12.6. The third-order valence-electron chi connectivity index (χ3n) is 3.32. The van der Waals surface area contributed by atoms with Gasteiger partial charge in [-0.3, -0.25) is 4.98 Å². The smallest absolute Gasteiger partial charge is 0.222 e. The average molecular weight is 320 g/mol. The van der Waals surface area contributed by atoms with Crippen LogP contribution in [0.15, 0.2) is 48.7 Å². The quantitative estimate of drug-likeness (QED) is 0.766. The molecule has 0 aliphatic heterocycles. The van der Waals surface area contributed by atoms with Crippen molar-refractivity contribution in [3.8, 4) is 17.3 Å². The van der Waals surface area contributed by atoms with Crippen molar-refractivity contribution in [2.24, 2.45) is 0 Å². The van der Waals surface area contributed by atoms with E-state index in [1.165, 1.54) is 12.1 Å². The fraction of sp³-hybridized carbons (Fsp3) is 0.0588. The van der Waals surface area contributed by atoms with Crippen molar-refractivity contribution in [2.75, 3.05) is 11.1 Å². The molecule has 2 heterocycles. The Morgan fingerprint density at radius 1 is 1.12 bits per heavy atom. The third-order valence-corrected chi connectivity index (χ3v) is 3.32. The second-order valence-corrected chi connectivity index (χ2v) is 4.95. The van der Waals surface area contributed by atoms with Crippen LogP contribution in [0.4, 0.5) is 16.2 Å². The van der Waals surface area contributed by atoms with Crippen molar-refractivity contribution in [1.82, 2.24) is 15.0 Å². The van der Waals surface area contributed by atoms with E-state index < -0.39 is 0 Å². The van der Waals surface area contributed by atoms with Gasteiger partial charge in [-0.15, -0.1) is 0 Å². The molecule has 3 aromatic rings. The van der Waals surface area contributed by atoms with E-state index in [2.05, 4.69) is 26.3 Å². The van der Waals surface area contributed by atoms with Crippen molar-refractivity contribution >= 4 is 11.8 Å². The Bertz CT molecular complexity index is 887. The lowest BCUT2D eigenvalue weighted by Gasteiger charge is -2.11. The number of nitrogens with two attached hydrogens (primary N) is 1. The molecule has 0 spiro atoms. The van der Waals surface area contributed by atoms with Crippen molar-refractivity contribution in [3.63, 3.8) is 0 Å². The van der Waals surface area contributed by atoms with Gasteiger partial charge in [0, 0.05) is 11.8 Å². The van der Waals surface area contributed by atoms with Gasteiger partial charge in [0.1, 0.15) is 17.4 Å². The number of nitrogens with zero attached hydrogens (tertiary/aromatic N) is 4. The molecular weight excluding hydrogens is 307 g/mol. The van der Waals surface area contributed by atoms with E-state index >= 15 is 0 Å². The normalized spacial score (nSPS) is 10.2. The predicted octanol–water partition coefficient (Wildman–Crippen LogP) is 2.74. The molecule has 0 fully saturated rings. The van der Waals surface area contributed by atoms with Crippen molar-refractivity contribution < 1.29 is 4.39 Å². The molecular formula is C17H13FN6. The molecule has 0 aliphatic carbocycles. The maximum absolute atomic E-state index is 13.1. The topological polar surface area (TPSA) is 101 Å². The summed E-state index contributed by atoms with van der Waals surface area (Å²) in [5, 5.41) is 12.6. The van der Waals surface area contributed by atoms with Gasteiger partial charge < -0.3 is 11.1 Å². The number of halogens is 1. The van der Waals surface area contributed by atoms with Gasteiger partial charge in [-0.2, -0.15) is 10.2 Å². The Labute approximate surface area is 137 Å². The molecule has 3 rings (SSSR count). The number of hydrogen-bond donors (Lipinski definition) is 2. The molecule has 118 valence electrons. The second kappa shape index (κ2) is 6.71. The summed E-state index contributed by atoms with van der Waals surface area (Å²) in [6.45, 7) is 0.384. The minimum atomic E-state index is -0.368. The number of pyridine rings is 1. The predicted molar refractivity (Wildman–Crippen MR) is 88.1 cm³/mol. The minimum absolute atomic E-state index is 0.0249. The molecule has 3 N–H and O–H groups in total. The first-order valence-electron chi connectivity index (χ1n) is 7.14. The van der Waals surface area contributed by atoms with Crippen LogP contribution in [0.2, 0.25) is 0 Å². The first-order chi connectivity index (χ1) is 11.7. The van der Waals surface area contributed by atoms with Gasteiger partial charge in [0.25, 0.3) is 0 Å². The number of aromatic nitrogens is 3. The molecule has 0 aliphatic rings. The lowest BCUT2D eigenvalue weighted by molar-refractivity contribution is 0.628. The average Bonchev–Trinajstić information content (AvgIpc) is 2.61. The molecule has 2 aromatic heterocycles. The number of nitriles is 1. The number of hydrogen-bond acceptors (Lipinski definition) is 6. The number of rotatable bonds is 4. The van der Waals surface area contributed by atoms with E-state index in [9.17, 15) is 9.65 Å². The van der Waals surface area contributed by atoms with Crippen LogP contribution in [0, 0.1) is 17.1 Å². The SMILES string of the molecule is N#Cc1c(NCc2ccccn2)nc(N)nc1-c1ccc(F)cc1. The lowest BCUT2D eigenvalue weighted by atomic mass is 10.1. The number of nitrogens with one attached hydrogen (secondary N) is 1. The van der Waals surface area contributed by atoms with Crippen molar-refractivity contribution in [1.29, 1.82) is 5.26 Å². The summed E-state index contributed by atoms with van der Waals surface area (Å²) in [5.74, 6) is -0.0281. The Kier molecular flexibility index (Phi) is 4.29. The monoisotopic (exact) mass is 320 g/mol. The van der Waals surface area contributed by atoms with Crippen LogP contribution >= 0.6 is 0 Å². The Balaban J connectivity index is 1.98. The molecule has 0 saturated carbocycles. The highest BCUT2D eigenvalue weighted by Crippen LogP contribution is 2.27. The number of nitrogen functional groups attached to an aromatic ring is 1. The zero-order valence-corrected chi connectivity index (χ0v) is 12.6. The van der Waals surface area contributed by atoms with E-state index in [0.29, 0.717) is 23.6 Å². The van der Waals surface area contributed by atoms with Gasteiger partial charge in [-0.25, -0.2) is 9.37 Å². The largest absolute Gasteiger partial charge is 0.368 e. The maximum Gasteiger partial charge on any atom is 0.222 e. The summed E-state index contributed by atoms with van der Waals surface area (Å²) in [4.78, 5) is 12.4. The van der Waals surface area contributed by atoms with Crippen LogP contribution in [0.5, 0.6) is 0 Å². The zero-order chi connectivity index (χ0) is 16.9. The van der Waals surface area contributed by atoms with E-state index in [4.69, 9.17) is 5.73 Å². The van der Waals surface area contributed by atoms with Crippen LogP contribution in [0.3, 0.4) is 0 Å². The molecule has 0 bridgehead atoms. The third kappa shape index (κ3) is 3.28. The molecule has 0 atom stereocenters. The second-order valence-electron chi connectivity index (χ2n) is 4.95. The van der Waals surface area contributed by atoms with Crippen LogP contribution < -0.4 is 11.1 Å². The molecule has 7 heteroatoms. The van der Waals surface area contributed by atoms with E-state index in [1.54, 1.807) is 18.3 Å². The highest BCUT2D eigenvalue weighted by Gasteiger charge is 2.15.